The number of carbonyl (C=O) groups is 1. The van der Waals surface area contributed by atoms with Crippen molar-refractivity contribution in [2.24, 2.45) is 5.92 Å². The Bertz CT molecular complexity index is 482. The lowest BCUT2D eigenvalue weighted by Gasteiger charge is -2.35. The maximum Gasteiger partial charge on any atom is 0.312 e. The third-order valence-corrected chi connectivity index (χ3v) is 4.33. The number of aliphatic carboxylic acids is 1. The highest BCUT2D eigenvalue weighted by molar-refractivity contribution is 5.77. The maximum atomic E-state index is 11.5. The Kier molecular flexibility index (Phi) is 4.03. The second-order valence-corrected chi connectivity index (χ2v) is 5.87. The summed E-state index contributed by atoms with van der Waals surface area (Å²) in [6.07, 6.45) is 2.31. The summed E-state index contributed by atoms with van der Waals surface area (Å²) in [6.45, 7) is 4.10. The molecule has 0 saturated carbocycles. The minimum absolute atomic E-state index is 0.399. The molecule has 1 aromatic carbocycles. The molecule has 2 aliphatic heterocycles. The van der Waals surface area contributed by atoms with Crippen molar-refractivity contribution in [2.75, 3.05) is 26.3 Å². The summed E-state index contributed by atoms with van der Waals surface area (Å²) in [5, 5.41) is 9.46. The zero-order chi connectivity index (χ0) is 13.9. The Balaban J connectivity index is 1.74. The molecule has 3 rings (SSSR count). The van der Waals surface area contributed by atoms with Gasteiger partial charge in [0.15, 0.2) is 0 Å². The van der Waals surface area contributed by atoms with Gasteiger partial charge in [0.25, 0.3) is 0 Å². The molecule has 1 N–H and O–H groups in total. The van der Waals surface area contributed by atoms with E-state index in [1.807, 2.05) is 18.2 Å². The predicted octanol–water partition coefficient (Wildman–Crippen LogP) is 2.10. The predicted molar refractivity (Wildman–Crippen MR) is 75.6 cm³/mol. The van der Waals surface area contributed by atoms with Crippen LogP contribution in [0.1, 0.15) is 29.9 Å². The lowest BCUT2D eigenvalue weighted by molar-refractivity contribution is -0.139. The number of hydrogen-bond donors (Lipinski definition) is 1. The van der Waals surface area contributed by atoms with E-state index in [1.165, 1.54) is 6.42 Å². The van der Waals surface area contributed by atoms with Gasteiger partial charge in [0.1, 0.15) is 0 Å². The lowest BCUT2D eigenvalue weighted by atomic mass is 9.89. The number of nitrogens with zero attached hydrogens (tertiary/aromatic N) is 1. The second-order valence-electron chi connectivity index (χ2n) is 5.87. The average Bonchev–Trinajstić information content (AvgIpc) is 2.47. The van der Waals surface area contributed by atoms with Crippen LogP contribution in [0, 0.1) is 5.92 Å². The van der Waals surface area contributed by atoms with Crippen molar-refractivity contribution in [3.63, 3.8) is 0 Å². The Labute approximate surface area is 119 Å². The van der Waals surface area contributed by atoms with Crippen LogP contribution >= 0.6 is 0 Å². The first-order valence-corrected chi connectivity index (χ1v) is 7.35. The van der Waals surface area contributed by atoms with Crippen molar-refractivity contribution < 1.29 is 14.6 Å². The Morgan fingerprint density at radius 1 is 1.40 bits per heavy atom. The minimum atomic E-state index is -0.720. The fourth-order valence-corrected chi connectivity index (χ4v) is 3.35. The fraction of sp³-hybridized carbons (Fsp3) is 0.562. The number of hydrogen-bond acceptors (Lipinski definition) is 3. The summed E-state index contributed by atoms with van der Waals surface area (Å²) in [7, 11) is 0. The third kappa shape index (κ3) is 2.86. The molecule has 2 atom stereocenters. The summed E-state index contributed by atoms with van der Waals surface area (Å²) in [4.78, 5) is 13.8. The van der Waals surface area contributed by atoms with E-state index in [9.17, 15) is 9.90 Å². The molecule has 0 aromatic heterocycles. The number of ether oxygens (including phenoxy) is 1. The highest BCUT2D eigenvalue weighted by Gasteiger charge is 2.31. The number of carboxylic acids is 1. The molecule has 1 aromatic rings. The molecule has 0 radical (unpaired) electrons. The van der Waals surface area contributed by atoms with Gasteiger partial charge in [0, 0.05) is 26.2 Å². The van der Waals surface area contributed by atoms with E-state index in [1.54, 1.807) is 0 Å². The molecule has 1 saturated heterocycles. The van der Waals surface area contributed by atoms with Crippen molar-refractivity contribution in [1.29, 1.82) is 0 Å². The molecular formula is C16H21NO3. The molecule has 0 spiro atoms. The molecular weight excluding hydrogens is 254 g/mol. The van der Waals surface area contributed by atoms with Gasteiger partial charge in [0.2, 0.25) is 0 Å². The summed E-state index contributed by atoms with van der Waals surface area (Å²) in [5.74, 6) is -0.574. The molecule has 20 heavy (non-hydrogen) atoms. The van der Waals surface area contributed by atoms with Crippen molar-refractivity contribution in [3.8, 4) is 0 Å². The number of benzene rings is 1. The van der Waals surface area contributed by atoms with E-state index in [4.69, 9.17) is 4.74 Å². The van der Waals surface area contributed by atoms with Crippen LogP contribution in [-0.4, -0.2) is 42.3 Å². The largest absolute Gasteiger partial charge is 0.481 e. The number of carboxylic acid groups (broad SMARTS) is 1. The topological polar surface area (TPSA) is 49.8 Å². The first-order valence-electron chi connectivity index (χ1n) is 7.35. The quantitative estimate of drug-likeness (QED) is 0.917. The zero-order valence-corrected chi connectivity index (χ0v) is 11.6. The first-order chi connectivity index (χ1) is 9.74. The molecule has 1 fully saturated rings. The maximum absolute atomic E-state index is 11.5. The standard InChI is InChI=1S/C16H21NO3/c18-16(19)15-10-17(8-12-4-3-7-20-11-12)9-13-5-1-2-6-14(13)15/h1-2,5-6,12,15H,3-4,7-11H2,(H,18,19). The molecule has 0 aliphatic carbocycles. The van der Waals surface area contributed by atoms with Crippen LogP contribution in [0.4, 0.5) is 0 Å². The molecule has 0 amide bonds. The zero-order valence-electron chi connectivity index (χ0n) is 11.6. The molecule has 0 bridgehead atoms. The van der Waals surface area contributed by atoms with E-state index < -0.39 is 11.9 Å². The summed E-state index contributed by atoms with van der Waals surface area (Å²) in [6, 6.07) is 7.92. The van der Waals surface area contributed by atoms with Crippen LogP contribution in [0.25, 0.3) is 0 Å². The van der Waals surface area contributed by atoms with E-state index in [-0.39, 0.29) is 0 Å². The molecule has 2 unspecified atom stereocenters. The van der Waals surface area contributed by atoms with Crippen LogP contribution < -0.4 is 0 Å². The van der Waals surface area contributed by atoms with Crippen molar-refractivity contribution in [2.45, 2.75) is 25.3 Å². The van der Waals surface area contributed by atoms with Gasteiger partial charge in [-0.15, -0.1) is 0 Å². The minimum Gasteiger partial charge on any atom is -0.481 e. The van der Waals surface area contributed by atoms with Gasteiger partial charge in [-0.25, -0.2) is 0 Å². The van der Waals surface area contributed by atoms with E-state index in [2.05, 4.69) is 11.0 Å². The Morgan fingerprint density at radius 3 is 3.00 bits per heavy atom. The SMILES string of the molecule is O=C(O)C1CN(CC2CCCOC2)Cc2ccccc21. The highest BCUT2D eigenvalue weighted by atomic mass is 16.5. The van der Waals surface area contributed by atoms with Crippen LogP contribution in [0.3, 0.4) is 0 Å². The van der Waals surface area contributed by atoms with Gasteiger partial charge < -0.3 is 9.84 Å². The van der Waals surface area contributed by atoms with Gasteiger partial charge in [-0.3, -0.25) is 9.69 Å². The van der Waals surface area contributed by atoms with Gasteiger partial charge in [0.05, 0.1) is 12.5 Å². The molecule has 2 aliphatic rings. The van der Waals surface area contributed by atoms with Gasteiger partial charge in [-0.1, -0.05) is 24.3 Å². The van der Waals surface area contributed by atoms with Crippen LogP contribution in [0.5, 0.6) is 0 Å². The molecule has 4 nitrogen and oxygen atoms in total. The number of rotatable bonds is 3. The van der Waals surface area contributed by atoms with E-state index in [0.29, 0.717) is 12.5 Å². The fourth-order valence-electron chi connectivity index (χ4n) is 3.35. The van der Waals surface area contributed by atoms with Gasteiger partial charge in [-0.05, 0) is 29.9 Å². The molecule has 2 heterocycles. The van der Waals surface area contributed by atoms with Crippen molar-refractivity contribution in [1.82, 2.24) is 4.90 Å². The van der Waals surface area contributed by atoms with Crippen LogP contribution in [-0.2, 0) is 16.1 Å². The van der Waals surface area contributed by atoms with E-state index >= 15 is 0 Å². The van der Waals surface area contributed by atoms with Gasteiger partial charge in [-0.2, -0.15) is 0 Å². The summed E-state index contributed by atoms with van der Waals surface area (Å²) >= 11 is 0. The first kappa shape index (κ1) is 13.6. The van der Waals surface area contributed by atoms with Crippen LogP contribution in [0.15, 0.2) is 24.3 Å². The third-order valence-electron chi connectivity index (χ3n) is 4.33. The Hall–Kier alpha value is -1.39. The van der Waals surface area contributed by atoms with Gasteiger partial charge >= 0.3 is 5.97 Å². The average molecular weight is 275 g/mol. The molecule has 108 valence electrons. The van der Waals surface area contributed by atoms with Crippen molar-refractivity contribution >= 4 is 5.97 Å². The lowest BCUT2D eigenvalue weighted by Crippen LogP contribution is -2.40. The Morgan fingerprint density at radius 2 is 2.25 bits per heavy atom. The smallest absolute Gasteiger partial charge is 0.312 e. The van der Waals surface area contributed by atoms with Crippen molar-refractivity contribution in [3.05, 3.63) is 35.4 Å². The van der Waals surface area contributed by atoms with Crippen LogP contribution in [0.2, 0.25) is 0 Å². The van der Waals surface area contributed by atoms with E-state index in [0.717, 1.165) is 43.9 Å². The number of fused-ring (bicyclic) bond motifs is 1. The summed E-state index contributed by atoms with van der Waals surface area (Å²) in [5.41, 5.74) is 2.14. The normalized spacial score (nSPS) is 27.0. The molecule has 4 heteroatoms. The second kappa shape index (κ2) is 5.94. The monoisotopic (exact) mass is 275 g/mol. The summed E-state index contributed by atoms with van der Waals surface area (Å²) < 4.78 is 5.52. The highest BCUT2D eigenvalue weighted by Crippen LogP contribution is 2.29.